The number of halogens is 1. The molecule has 0 amide bonds. The third-order valence-corrected chi connectivity index (χ3v) is 6.09. The van der Waals surface area contributed by atoms with E-state index in [9.17, 15) is 0 Å². The Labute approximate surface area is 160 Å². The molecule has 1 aromatic rings. The van der Waals surface area contributed by atoms with Crippen molar-refractivity contribution in [2.45, 2.75) is 52.3 Å². The van der Waals surface area contributed by atoms with E-state index in [1.807, 2.05) is 0 Å². The van der Waals surface area contributed by atoms with Gasteiger partial charge in [0.1, 0.15) is 0 Å². The number of rotatable bonds is 4. The molecule has 130 valence electrons. The van der Waals surface area contributed by atoms with Crippen molar-refractivity contribution in [3.8, 4) is 0 Å². The van der Waals surface area contributed by atoms with E-state index in [1.54, 1.807) is 11.3 Å². The molecule has 0 aromatic carbocycles. The number of aliphatic imine (C=N–C) groups is 1. The summed E-state index contributed by atoms with van der Waals surface area (Å²) in [6, 6.07) is 4.97. The van der Waals surface area contributed by atoms with Crippen LogP contribution in [0, 0.1) is 11.3 Å². The number of ether oxygens (including phenoxy) is 1. The molecule has 0 bridgehead atoms. The second kappa shape index (κ2) is 7.70. The topological polar surface area (TPSA) is 45.7 Å². The molecule has 6 heteroatoms. The minimum absolute atomic E-state index is 0. The molecule has 23 heavy (non-hydrogen) atoms. The Bertz CT molecular complexity index is 532. The van der Waals surface area contributed by atoms with Crippen molar-refractivity contribution in [3.63, 3.8) is 0 Å². The predicted octanol–water partition coefficient (Wildman–Crippen LogP) is 3.80. The van der Waals surface area contributed by atoms with Gasteiger partial charge in [-0.2, -0.15) is 0 Å². The first kappa shape index (κ1) is 19.0. The van der Waals surface area contributed by atoms with Gasteiger partial charge in [-0.15, -0.1) is 35.3 Å². The molecule has 1 aliphatic carbocycles. The summed E-state index contributed by atoms with van der Waals surface area (Å²) in [5.41, 5.74) is 0.170. The zero-order valence-electron chi connectivity index (χ0n) is 14.3. The highest BCUT2D eigenvalue weighted by Crippen LogP contribution is 2.52. The summed E-state index contributed by atoms with van der Waals surface area (Å²) in [5, 5.41) is 9.34. The van der Waals surface area contributed by atoms with Crippen LogP contribution in [0.25, 0.3) is 0 Å². The van der Waals surface area contributed by atoms with Gasteiger partial charge in [-0.25, -0.2) is 0 Å². The van der Waals surface area contributed by atoms with Crippen LogP contribution in [0.1, 0.15) is 45.0 Å². The highest BCUT2D eigenvalue weighted by Gasteiger charge is 2.59. The second-order valence-electron chi connectivity index (χ2n) is 6.89. The van der Waals surface area contributed by atoms with Gasteiger partial charge in [0, 0.05) is 35.4 Å². The number of guanidine groups is 1. The SMILES string of the molecule is CCN=C(NC(C)c1cccs1)NC1C2CCOC2C1(C)C.I. The van der Waals surface area contributed by atoms with E-state index in [0.717, 1.165) is 25.5 Å². The molecule has 2 aliphatic rings. The molecular formula is C17H28IN3OS. The first-order valence-corrected chi connectivity index (χ1v) is 9.14. The third-order valence-electron chi connectivity index (χ3n) is 5.03. The third kappa shape index (κ3) is 3.69. The zero-order valence-corrected chi connectivity index (χ0v) is 17.5. The number of thiophene rings is 1. The minimum Gasteiger partial charge on any atom is -0.377 e. The Kier molecular flexibility index (Phi) is 6.35. The minimum atomic E-state index is 0. The Morgan fingerprint density at radius 2 is 2.30 bits per heavy atom. The van der Waals surface area contributed by atoms with Crippen LogP contribution in [0.3, 0.4) is 0 Å². The van der Waals surface area contributed by atoms with E-state index in [2.05, 4.69) is 60.8 Å². The Morgan fingerprint density at radius 1 is 1.52 bits per heavy atom. The summed E-state index contributed by atoms with van der Waals surface area (Å²) in [6.45, 7) is 10.5. The van der Waals surface area contributed by atoms with Crippen LogP contribution in [-0.4, -0.2) is 31.3 Å². The number of hydrogen-bond acceptors (Lipinski definition) is 3. The molecule has 2 N–H and O–H groups in total. The molecule has 4 atom stereocenters. The molecule has 4 nitrogen and oxygen atoms in total. The van der Waals surface area contributed by atoms with Crippen LogP contribution >= 0.6 is 35.3 Å². The number of hydrogen-bond donors (Lipinski definition) is 2. The lowest BCUT2D eigenvalue weighted by atomic mass is 9.57. The van der Waals surface area contributed by atoms with Crippen LogP contribution < -0.4 is 10.6 Å². The quantitative estimate of drug-likeness (QED) is 0.418. The maximum atomic E-state index is 5.88. The fraction of sp³-hybridized carbons (Fsp3) is 0.706. The molecule has 0 spiro atoms. The smallest absolute Gasteiger partial charge is 0.192 e. The Hall–Kier alpha value is -0.340. The largest absolute Gasteiger partial charge is 0.377 e. The molecule has 3 rings (SSSR count). The van der Waals surface area contributed by atoms with E-state index in [0.29, 0.717) is 18.1 Å². The van der Waals surface area contributed by atoms with Gasteiger partial charge in [0.2, 0.25) is 0 Å². The standard InChI is InChI=1S/C17H27N3OS.HI/c1-5-18-16(19-11(2)13-7-6-10-22-13)20-14-12-8-9-21-15(12)17(14,3)4;/h6-7,10-12,14-15H,5,8-9H2,1-4H3,(H2,18,19,20);1H. The molecule has 2 fully saturated rings. The van der Waals surface area contributed by atoms with E-state index >= 15 is 0 Å². The van der Waals surface area contributed by atoms with Crippen molar-refractivity contribution in [2.75, 3.05) is 13.2 Å². The van der Waals surface area contributed by atoms with Gasteiger partial charge < -0.3 is 15.4 Å². The highest BCUT2D eigenvalue weighted by molar-refractivity contribution is 14.0. The van der Waals surface area contributed by atoms with Crippen molar-refractivity contribution in [2.24, 2.45) is 16.3 Å². The number of nitrogens with zero attached hydrogens (tertiary/aromatic N) is 1. The zero-order chi connectivity index (χ0) is 15.7. The Morgan fingerprint density at radius 3 is 2.96 bits per heavy atom. The van der Waals surface area contributed by atoms with E-state index in [1.165, 1.54) is 4.88 Å². The maximum absolute atomic E-state index is 5.88. The molecule has 4 unspecified atom stereocenters. The Balaban J connectivity index is 0.00000192. The molecular weight excluding hydrogens is 421 g/mol. The highest BCUT2D eigenvalue weighted by atomic mass is 127. The lowest BCUT2D eigenvalue weighted by Crippen LogP contribution is -2.68. The van der Waals surface area contributed by atoms with Crippen molar-refractivity contribution >= 4 is 41.3 Å². The van der Waals surface area contributed by atoms with Gasteiger partial charge in [0.25, 0.3) is 0 Å². The summed E-state index contributed by atoms with van der Waals surface area (Å²) in [7, 11) is 0. The van der Waals surface area contributed by atoms with Crippen LogP contribution in [0.5, 0.6) is 0 Å². The fourth-order valence-electron chi connectivity index (χ4n) is 3.87. The first-order chi connectivity index (χ1) is 10.5. The van der Waals surface area contributed by atoms with Gasteiger partial charge in [-0.1, -0.05) is 19.9 Å². The molecule has 2 heterocycles. The fourth-order valence-corrected chi connectivity index (χ4v) is 4.60. The summed E-state index contributed by atoms with van der Waals surface area (Å²) in [5.74, 6) is 1.54. The second-order valence-corrected chi connectivity index (χ2v) is 7.87. The van der Waals surface area contributed by atoms with Gasteiger partial charge in [0.15, 0.2) is 5.96 Å². The van der Waals surface area contributed by atoms with E-state index in [4.69, 9.17) is 4.74 Å². The summed E-state index contributed by atoms with van der Waals surface area (Å²) in [4.78, 5) is 5.97. The molecule has 1 aliphatic heterocycles. The molecule has 1 aromatic heterocycles. The van der Waals surface area contributed by atoms with Crippen LogP contribution in [-0.2, 0) is 4.74 Å². The van der Waals surface area contributed by atoms with Crippen molar-refractivity contribution in [1.82, 2.24) is 10.6 Å². The van der Waals surface area contributed by atoms with Crippen LogP contribution in [0.2, 0.25) is 0 Å². The lowest BCUT2D eigenvalue weighted by Gasteiger charge is -2.55. The summed E-state index contributed by atoms with van der Waals surface area (Å²) >= 11 is 1.78. The molecule has 1 saturated carbocycles. The van der Waals surface area contributed by atoms with E-state index < -0.39 is 0 Å². The van der Waals surface area contributed by atoms with Gasteiger partial charge in [0.05, 0.1) is 12.1 Å². The van der Waals surface area contributed by atoms with Gasteiger partial charge >= 0.3 is 0 Å². The van der Waals surface area contributed by atoms with Crippen molar-refractivity contribution < 1.29 is 4.74 Å². The average Bonchev–Trinajstić information content (AvgIpc) is 3.15. The van der Waals surface area contributed by atoms with Crippen LogP contribution in [0.4, 0.5) is 0 Å². The molecule has 1 saturated heterocycles. The summed E-state index contributed by atoms with van der Waals surface area (Å²) < 4.78 is 5.88. The van der Waals surface area contributed by atoms with Gasteiger partial charge in [-0.05, 0) is 31.7 Å². The van der Waals surface area contributed by atoms with Crippen LogP contribution in [0.15, 0.2) is 22.5 Å². The lowest BCUT2D eigenvalue weighted by molar-refractivity contribution is -0.106. The normalized spacial score (nSPS) is 29.9. The van der Waals surface area contributed by atoms with E-state index in [-0.39, 0.29) is 35.4 Å². The van der Waals surface area contributed by atoms with Crippen molar-refractivity contribution in [1.29, 1.82) is 0 Å². The van der Waals surface area contributed by atoms with Gasteiger partial charge in [-0.3, -0.25) is 4.99 Å². The number of fused-ring (bicyclic) bond motifs is 1. The summed E-state index contributed by atoms with van der Waals surface area (Å²) in [6.07, 6.45) is 1.56. The predicted molar refractivity (Wildman–Crippen MR) is 108 cm³/mol. The maximum Gasteiger partial charge on any atom is 0.192 e. The average molecular weight is 449 g/mol. The first-order valence-electron chi connectivity index (χ1n) is 8.26. The monoisotopic (exact) mass is 449 g/mol. The molecule has 0 radical (unpaired) electrons. The number of nitrogens with one attached hydrogen (secondary N) is 2. The van der Waals surface area contributed by atoms with Crippen molar-refractivity contribution in [3.05, 3.63) is 22.4 Å².